The highest BCUT2D eigenvalue weighted by molar-refractivity contribution is 14.1. The van der Waals surface area contributed by atoms with Crippen molar-refractivity contribution in [3.05, 3.63) is 54.4 Å². The lowest BCUT2D eigenvalue weighted by atomic mass is 10.1. The first-order chi connectivity index (χ1) is 10.4. The second kappa shape index (κ2) is 7.31. The van der Waals surface area contributed by atoms with E-state index in [1.807, 2.05) is 28.7 Å². The maximum Gasteiger partial charge on any atom is 0.266 e. The van der Waals surface area contributed by atoms with Gasteiger partial charge >= 0.3 is 0 Å². The van der Waals surface area contributed by atoms with E-state index in [1.165, 1.54) is 6.08 Å². The summed E-state index contributed by atoms with van der Waals surface area (Å²) in [6.07, 6.45) is 1.39. The molecular formula is C15H9BrClIN2O2. The van der Waals surface area contributed by atoms with Gasteiger partial charge in [0.05, 0.1) is 4.47 Å². The smallest absolute Gasteiger partial charge is 0.266 e. The molecule has 0 saturated carbocycles. The van der Waals surface area contributed by atoms with Crippen molar-refractivity contribution in [3.63, 3.8) is 0 Å². The third-order valence-electron chi connectivity index (χ3n) is 2.83. The third-order valence-corrected chi connectivity index (χ3v) is 5.37. The highest BCUT2D eigenvalue weighted by Gasteiger charge is 2.13. The number of halogens is 3. The van der Waals surface area contributed by atoms with Crippen LogP contribution in [0.4, 0.5) is 5.69 Å². The van der Waals surface area contributed by atoms with Crippen LogP contribution in [0.2, 0.25) is 5.02 Å². The Morgan fingerprint density at radius 1 is 1.55 bits per heavy atom. The number of nitrogens with zero attached hydrogens (tertiary/aromatic N) is 1. The van der Waals surface area contributed by atoms with Crippen LogP contribution in [0.3, 0.4) is 0 Å². The van der Waals surface area contributed by atoms with Gasteiger partial charge in [-0.1, -0.05) is 17.7 Å². The van der Waals surface area contributed by atoms with E-state index in [-0.39, 0.29) is 5.57 Å². The number of amides is 1. The summed E-state index contributed by atoms with van der Waals surface area (Å²) in [7, 11) is 0. The lowest BCUT2D eigenvalue weighted by molar-refractivity contribution is -0.112. The van der Waals surface area contributed by atoms with Crippen molar-refractivity contribution in [2.45, 2.75) is 6.92 Å². The molecule has 0 spiro atoms. The average molecular weight is 492 g/mol. The van der Waals surface area contributed by atoms with E-state index in [2.05, 4.69) is 21.2 Å². The number of anilines is 1. The zero-order valence-electron chi connectivity index (χ0n) is 11.3. The second-order valence-electron chi connectivity index (χ2n) is 4.31. The van der Waals surface area contributed by atoms with Crippen molar-refractivity contribution in [3.8, 4) is 6.07 Å². The molecule has 0 fully saturated rings. The van der Waals surface area contributed by atoms with Gasteiger partial charge in [0.1, 0.15) is 17.4 Å². The quantitative estimate of drug-likeness (QED) is 0.367. The molecule has 112 valence electrons. The normalized spacial score (nSPS) is 11.1. The molecule has 1 aromatic carbocycles. The Hall–Kier alpha value is -1.30. The van der Waals surface area contributed by atoms with Crippen LogP contribution < -0.4 is 5.32 Å². The molecule has 0 aliphatic rings. The summed E-state index contributed by atoms with van der Waals surface area (Å²) in [5.41, 5.74) is 1.25. The Morgan fingerprint density at radius 2 is 2.27 bits per heavy atom. The minimum atomic E-state index is -0.518. The van der Waals surface area contributed by atoms with Crippen LogP contribution in [-0.4, -0.2) is 5.91 Å². The number of hydrogen-bond donors (Lipinski definition) is 1. The van der Waals surface area contributed by atoms with E-state index in [4.69, 9.17) is 16.0 Å². The van der Waals surface area contributed by atoms with Crippen LogP contribution in [0.1, 0.15) is 11.3 Å². The van der Waals surface area contributed by atoms with Crippen molar-refractivity contribution in [2.24, 2.45) is 0 Å². The molecular weight excluding hydrogens is 482 g/mol. The summed E-state index contributed by atoms with van der Waals surface area (Å²) in [6, 6.07) is 8.75. The molecule has 1 N–H and O–H groups in total. The van der Waals surface area contributed by atoms with Gasteiger partial charge in [0.25, 0.3) is 5.91 Å². The summed E-state index contributed by atoms with van der Waals surface area (Å²) in [4.78, 5) is 12.2. The van der Waals surface area contributed by atoms with E-state index in [9.17, 15) is 10.1 Å². The molecule has 0 aliphatic heterocycles. The number of benzene rings is 1. The summed E-state index contributed by atoms with van der Waals surface area (Å²) >= 11 is 11.3. The van der Waals surface area contributed by atoms with E-state index in [0.717, 1.165) is 10.0 Å². The molecule has 0 aliphatic carbocycles. The van der Waals surface area contributed by atoms with E-state index in [1.54, 1.807) is 31.2 Å². The van der Waals surface area contributed by atoms with Gasteiger partial charge in [-0.3, -0.25) is 4.79 Å². The molecule has 0 radical (unpaired) electrons. The van der Waals surface area contributed by atoms with Crippen molar-refractivity contribution >= 4 is 67.8 Å². The minimum absolute atomic E-state index is 0.0583. The molecule has 4 nitrogen and oxygen atoms in total. The van der Waals surface area contributed by atoms with Gasteiger partial charge in [-0.05, 0) is 46.6 Å². The minimum Gasteiger partial charge on any atom is -0.450 e. The number of nitrogens with one attached hydrogen (secondary N) is 1. The topological polar surface area (TPSA) is 66.0 Å². The van der Waals surface area contributed by atoms with Gasteiger partial charge in [0.2, 0.25) is 0 Å². The van der Waals surface area contributed by atoms with Gasteiger partial charge in [-0.2, -0.15) is 5.26 Å². The van der Waals surface area contributed by atoms with E-state index < -0.39 is 5.91 Å². The molecule has 2 aromatic rings. The highest BCUT2D eigenvalue weighted by Crippen LogP contribution is 2.26. The molecule has 0 bridgehead atoms. The number of hydrogen-bond acceptors (Lipinski definition) is 3. The molecule has 1 amide bonds. The first-order valence-electron chi connectivity index (χ1n) is 6.05. The molecule has 1 heterocycles. The largest absolute Gasteiger partial charge is 0.450 e. The Labute approximate surface area is 154 Å². The number of carbonyl (C=O) groups excluding carboxylic acids is 1. The van der Waals surface area contributed by atoms with Gasteiger partial charge in [0.15, 0.2) is 3.77 Å². The van der Waals surface area contributed by atoms with Crippen LogP contribution in [-0.2, 0) is 4.79 Å². The SMILES string of the molecule is Cc1c(Cl)cccc1NC(=O)/C(C#N)=C\c1cc(Br)c(I)o1. The van der Waals surface area contributed by atoms with Crippen LogP contribution in [0, 0.1) is 22.0 Å². The maximum atomic E-state index is 12.2. The fraction of sp³-hybridized carbons (Fsp3) is 0.0667. The Kier molecular flexibility index (Phi) is 5.67. The predicted octanol–water partition coefficient (Wildman–Crippen LogP) is 5.15. The van der Waals surface area contributed by atoms with Gasteiger partial charge in [0, 0.05) is 39.4 Å². The van der Waals surface area contributed by atoms with Crippen LogP contribution in [0.15, 0.2) is 38.7 Å². The molecule has 1 aromatic heterocycles. The first-order valence-corrected chi connectivity index (χ1v) is 8.30. The average Bonchev–Trinajstić information content (AvgIpc) is 2.79. The van der Waals surface area contributed by atoms with Gasteiger partial charge in [-0.15, -0.1) is 0 Å². The van der Waals surface area contributed by atoms with E-state index >= 15 is 0 Å². The lowest BCUT2D eigenvalue weighted by Crippen LogP contribution is -2.14. The third kappa shape index (κ3) is 3.91. The number of rotatable bonds is 3. The van der Waals surface area contributed by atoms with Crippen molar-refractivity contribution in [2.75, 3.05) is 5.32 Å². The summed E-state index contributed by atoms with van der Waals surface area (Å²) < 4.78 is 6.81. The zero-order valence-corrected chi connectivity index (χ0v) is 15.8. The zero-order chi connectivity index (χ0) is 16.3. The Bertz CT molecular complexity index is 789. The van der Waals surface area contributed by atoms with Crippen molar-refractivity contribution < 1.29 is 9.21 Å². The van der Waals surface area contributed by atoms with Gasteiger partial charge in [-0.25, -0.2) is 0 Å². The second-order valence-corrected chi connectivity index (χ2v) is 6.55. The molecule has 0 saturated heterocycles. The molecule has 2 rings (SSSR count). The monoisotopic (exact) mass is 490 g/mol. The summed E-state index contributed by atoms with van der Waals surface area (Å²) in [5.74, 6) is -0.0961. The van der Waals surface area contributed by atoms with E-state index in [0.29, 0.717) is 20.2 Å². The van der Waals surface area contributed by atoms with Crippen LogP contribution in [0.5, 0.6) is 0 Å². The number of nitriles is 1. The predicted molar refractivity (Wildman–Crippen MR) is 97.5 cm³/mol. The first kappa shape index (κ1) is 17.1. The summed E-state index contributed by atoms with van der Waals surface area (Å²) in [5, 5.41) is 12.4. The molecule has 0 atom stereocenters. The Morgan fingerprint density at radius 3 is 2.86 bits per heavy atom. The highest BCUT2D eigenvalue weighted by atomic mass is 127. The van der Waals surface area contributed by atoms with Crippen molar-refractivity contribution in [1.29, 1.82) is 5.26 Å². The summed E-state index contributed by atoms with van der Waals surface area (Å²) in [6.45, 7) is 1.79. The van der Waals surface area contributed by atoms with Crippen LogP contribution in [0.25, 0.3) is 6.08 Å². The molecule has 0 unspecified atom stereocenters. The van der Waals surface area contributed by atoms with Crippen molar-refractivity contribution in [1.82, 2.24) is 0 Å². The Balaban J connectivity index is 2.26. The fourth-order valence-electron chi connectivity index (χ4n) is 1.66. The standard InChI is InChI=1S/C15H9BrClIN2O2/c1-8-12(17)3-2-4-13(8)20-15(21)9(7-19)5-10-6-11(16)14(18)22-10/h2-6H,1H3,(H,20,21)/b9-5-. The van der Waals surface area contributed by atoms with Gasteiger partial charge < -0.3 is 9.73 Å². The lowest BCUT2D eigenvalue weighted by Gasteiger charge is -2.08. The number of carbonyl (C=O) groups is 1. The fourth-order valence-corrected chi connectivity index (χ4v) is 2.55. The maximum absolute atomic E-state index is 12.2. The number of furan rings is 1. The van der Waals surface area contributed by atoms with Crippen LogP contribution >= 0.6 is 50.1 Å². The molecule has 22 heavy (non-hydrogen) atoms. The molecule has 7 heteroatoms.